The van der Waals surface area contributed by atoms with Crippen LogP contribution in [0.4, 0.5) is 10.1 Å². The number of ether oxygens (including phenoxy) is 2. The van der Waals surface area contributed by atoms with Crippen molar-refractivity contribution in [2.45, 2.75) is 6.54 Å². The number of carbonyl (C=O) groups is 1. The molecule has 0 spiro atoms. The van der Waals surface area contributed by atoms with E-state index in [1.807, 2.05) is 0 Å². The molecule has 10 heteroatoms. The molecular formula is C19H16FN3O5S. The van der Waals surface area contributed by atoms with Crippen LogP contribution in [-0.2, 0) is 6.54 Å². The SMILES string of the molecule is C=CCn1c(=NC(=O)c2cc(OC)c(OC)cc2[N+](=O)[O-])sc2cc(F)ccc21. The summed E-state index contributed by atoms with van der Waals surface area (Å²) in [4.78, 5) is 27.9. The Kier molecular flexibility index (Phi) is 5.74. The number of allylic oxidation sites excluding steroid dienone is 1. The molecule has 0 saturated heterocycles. The number of amides is 1. The monoisotopic (exact) mass is 417 g/mol. The molecule has 0 saturated carbocycles. The minimum atomic E-state index is -0.831. The van der Waals surface area contributed by atoms with Crippen molar-refractivity contribution >= 4 is 33.1 Å². The van der Waals surface area contributed by atoms with Crippen LogP contribution in [0.15, 0.2) is 48.0 Å². The number of nitro benzene ring substituents is 1. The van der Waals surface area contributed by atoms with Crippen molar-refractivity contribution in [1.29, 1.82) is 0 Å². The standard InChI is InChI=1S/C19H16FN3O5S/c1-4-7-22-13-6-5-11(20)8-17(13)29-19(22)21-18(24)12-9-15(27-2)16(28-3)10-14(12)23(25)26/h4-6,8-10H,1,7H2,2-3H3. The number of halogens is 1. The average molecular weight is 417 g/mol. The van der Waals surface area contributed by atoms with Gasteiger partial charge in [-0.15, -0.1) is 6.58 Å². The molecule has 0 fully saturated rings. The van der Waals surface area contributed by atoms with E-state index in [9.17, 15) is 19.3 Å². The number of fused-ring (bicyclic) bond motifs is 1. The first-order valence-corrected chi connectivity index (χ1v) is 9.10. The smallest absolute Gasteiger partial charge is 0.286 e. The van der Waals surface area contributed by atoms with E-state index < -0.39 is 22.3 Å². The third-order valence-electron chi connectivity index (χ3n) is 4.08. The maximum atomic E-state index is 13.6. The zero-order chi connectivity index (χ0) is 21.1. The minimum Gasteiger partial charge on any atom is -0.493 e. The molecule has 0 radical (unpaired) electrons. The lowest BCUT2D eigenvalue weighted by Gasteiger charge is -2.08. The van der Waals surface area contributed by atoms with E-state index in [2.05, 4.69) is 11.6 Å². The Hall–Kier alpha value is -3.53. The fourth-order valence-corrected chi connectivity index (χ4v) is 3.84. The van der Waals surface area contributed by atoms with Crippen LogP contribution in [-0.4, -0.2) is 29.6 Å². The van der Waals surface area contributed by atoms with Crippen LogP contribution in [0.1, 0.15) is 10.4 Å². The van der Waals surface area contributed by atoms with E-state index in [1.54, 1.807) is 16.7 Å². The first-order valence-electron chi connectivity index (χ1n) is 8.28. The van der Waals surface area contributed by atoms with Crippen molar-refractivity contribution in [3.05, 3.63) is 69.3 Å². The molecule has 29 heavy (non-hydrogen) atoms. The highest BCUT2D eigenvalue weighted by molar-refractivity contribution is 7.16. The third kappa shape index (κ3) is 3.87. The van der Waals surface area contributed by atoms with Gasteiger partial charge in [0.2, 0.25) is 0 Å². The van der Waals surface area contributed by atoms with Gasteiger partial charge in [-0.3, -0.25) is 14.9 Å². The van der Waals surface area contributed by atoms with Crippen LogP contribution in [0.3, 0.4) is 0 Å². The Bertz CT molecular complexity index is 1200. The molecule has 0 unspecified atom stereocenters. The first kappa shape index (κ1) is 20.2. The summed E-state index contributed by atoms with van der Waals surface area (Å²) in [6, 6.07) is 6.54. The van der Waals surface area contributed by atoms with E-state index >= 15 is 0 Å². The summed E-state index contributed by atoms with van der Waals surface area (Å²) >= 11 is 1.09. The molecular weight excluding hydrogens is 401 g/mol. The highest BCUT2D eigenvalue weighted by Gasteiger charge is 2.24. The minimum absolute atomic E-state index is 0.120. The van der Waals surface area contributed by atoms with Crippen LogP contribution >= 0.6 is 11.3 Å². The van der Waals surface area contributed by atoms with E-state index in [1.165, 1.54) is 32.4 Å². The quantitative estimate of drug-likeness (QED) is 0.346. The van der Waals surface area contributed by atoms with Gasteiger partial charge >= 0.3 is 0 Å². The van der Waals surface area contributed by atoms with Gasteiger partial charge in [-0.05, 0) is 18.2 Å². The Morgan fingerprint density at radius 1 is 1.31 bits per heavy atom. The van der Waals surface area contributed by atoms with Gasteiger partial charge in [0.15, 0.2) is 16.3 Å². The molecule has 0 bridgehead atoms. The molecule has 1 aromatic heterocycles. The number of thiazole rings is 1. The first-order chi connectivity index (χ1) is 13.9. The molecule has 0 aliphatic carbocycles. The molecule has 2 aromatic carbocycles. The molecule has 0 aliphatic heterocycles. The fraction of sp³-hybridized carbons (Fsp3) is 0.158. The summed E-state index contributed by atoms with van der Waals surface area (Å²) in [6.45, 7) is 4.01. The molecule has 0 N–H and O–H groups in total. The summed E-state index contributed by atoms with van der Waals surface area (Å²) in [5.41, 5.74) is -0.0371. The van der Waals surface area contributed by atoms with Gasteiger partial charge in [-0.1, -0.05) is 17.4 Å². The molecule has 1 amide bonds. The predicted molar refractivity (Wildman–Crippen MR) is 106 cm³/mol. The van der Waals surface area contributed by atoms with E-state index in [-0.39, 0.29) is 21.9 Å². The van der Waals surface area contributed by atoms with Gasteiger partial charge in [0.1, 0.15) is 11.4 Å². The maximum absolute atomic E-state index is 13.6. The van der Waals surface area contributed by atoms with Crippen molar-refractivity contribution in [1.82, 2.24) is 4.57 Å². The van der Waals surface area contributed by atoms with Gasteiger partial charge in [0.25, 0.3) is 11.6 Å². The summed E-state index contributed by atoms with van der Waals surface area (Å²) in [5.74, 6) is -0.968. The van der Waals surface area contributed by atoms with Crippen molar-refractivity contribution in [2.75, 3.05) is 14.2 Å². The van der Waals surface area contributed by atoms with E-state index in [0.717, 1.165) is 17.4 Å². The number of carbonyl (C=O) groups excluding carboxylic acids is 1. The van der Waals surface area contributed by atoms with Crippen LogP contribution in [0, 0.1) is 15.9 Å². The largest absolute Gasteiger partial charge is 0.493 e. The number of nitro groups is 1. The molecule has 3 aromatic rings. The average Bonchev–Trinajstić information content (AvgIpc) is 3.02. The van der Waals surface area contributed by atoms with Crippen LogP contribution in [0.25, 0.3) is 10.2 Å². The second-order valence-corrected chi connectivity index (χ2v) is 6.80. The molecule has 3 rings (SSSR count). The van der Waals surface area contributed by atoms with Crippen LogP contribution in [0.2, 0.25) is 0 Å². The third-order valence-corrected chi connectivity index (χ3v) is 5.12. The number of benzene rings is 2. The zero-order valence-corrected chi connectivity index (χ0v) is 16.4. The number of methoxy groups -OCH3 is 2. The number of nitrogens with zero attached hydrogens (tertiary/aromatic N) is 3. The molecule has 150 valence electrons. The van der Waals surface area contributed by atoms with Crippen molar-refractivity contribution in [2.24, 2.45) is 4.99 Å². The Morgan fingerprint density at radius 2 is 2.00 bits per heavy atom. The molecule has 0 atom stereocenters. The van der Waals surface area contributed by atoms with Crippen molar-refractivity contribution in [3.8, 4) is 11.5 Å². The molecule has 0 aliphatic rings. The second kappa shape index (κ2) is 8.23. The fourth-order valence-electron chi connectivity index (χ4n) is 2.78. The van der Waals surface area contributed by atoms with Crippen LogP contribution in [0.5, 0.6) is 11.5 Å². The normalized spacial score (nSPS) is 11.5. The molecule has 1 heterocycles. The maximum Gasteiger partial charge on any atom is 0.286 e. The van der Waals surface area contributed by atoms with Gasteiger partial charge < -0.3 is 14.0 Å². The van der Waals surface area contributed by atoms with Crippen LogP contribution < -0.4 is 14.3 Å². The lowest BCUT2D eigenvalue weighted by Crippen LogP contribution is -2.16. The lowest BCUT2D eigenvalue weighted by atomic mass is 10.1. The summed E-state index contributed by atoms with van der Waals surface area (Å²) in [5, 5.41) is 11.5. The van der Waals surface area contributed by atoms with Gasteiger partial charge in [0, 0.05) is 12.6 Å². The van der Waals surface area contributed by atoms with E-state index in [4.69, 9.17) is 9.47 Å². The van der Waals surface area contributed by atoms with Gasteiger partial charge in [-0.2, -0.15) is 4.99 Å². The van der Waals surface area contributed by atoms with E-state index in [0.29, 0.717) is 16.8 Å². The zero-order valence-electron chi connectivity index (χ0n) is 15.5. The van der Waals surface area contributed by atoms with Gasteiger partial charge in [-0.25, -0.2) is 4.39 Å². The number of hydrogen-bond acceptors (Lipinski definition) is 6. The summed E-state index contributed by atoms with van der Waals surface area (Å²) < 4.78 is 26.0. The Morgan fingerprint density at radius 3 is 2.62 bits per heavy atom. The molecule has 8 nitrogen and oxygen atoms in total. The summed E-state index contributed by atoms with van der Waals surface area (Å²) in [6.07, 6.45) is 1.61. The van der Waals surface area contributed by atoms with Crippen molar-refractivity contribution < 1.29 is 23.6 Å². The number of hydrogen-bond donors (Lipinski definition) is 0. The number of aromatic nitrogens is 1. The highest BCUT2D eigenvalue weighted by atomic mass is 32.1. The Labute approximate surface area is 168 Å². The van der Waals surface area contributed by atoms with Gasteiger partial charge in [0.05, 0.1) is 35.4 Å². The number of rotatable bonds is 6. The topological polar surface area (TPSA) is 96.0 Å². The Balaban J connectivity index is 2.22. The summed E-state index contributed by atoms with van der Waals surface area (Å²) in [7, 11) is 2.69. The predicted octanol–water partition coefficient (Wildman–Crippen LogP) is 3.69. The second-order valence-electron chi connectivity index (χ2n) is 5.79. The van der Waals surface area contributed by atoms with Crippen molar-refractivity contribution in [3.63, 3.8) is 0 Å². The lowest BCUT2D eigenvalue weighted by molar-refractivity contribution is -0.385. The highest BCUT2D eigenvalue weighted by Crippen LogP contribution is 2.34.